The molecule has 3 N–H and O–H groups in total. The second kappa shape index (κ2) is 13.4. The minimum atomic E-state index is -1.04. The number of aromatic amines is 3. The Hall–Kier alpha value is -5.39. The molecule has 2 saturated heterocycles. The second-order valence-corrected chi connectivity index (χ2v) is 12.8. The van der Waals surface area contributed by atoms with Crippen molar-refractivity contribution in [3.8, 4) is 11.3 Å². The van der Waals surface area contributed by atoms with Gasteiger partial charge in [0.1, 0.15) is 0 Å². The van der Waals surface area contributed by atoms with Crippen molar-refractivity contribution < 1.29 is 14.3 Å². The van der Waals surface area contributed by atoms with Crippen LogP contribution in [0.25, 0.3) is 22.3 Å². The number of H-pyrrole nitrogens is 3. The minimum Gasteiger partial charge on any atom is -0.436 e. The lowest BCUT2D eigenvalue weighted by atomic mass is 9.92. The van der Waals surface area contributed by atoms with Crippen molar-refractivity contribution >= 4 is 23.0 Å². The number of pyridine rings is 1. The monoisotopic (exact) mass is 649 g/mol. The van der Waals surface area contributed by atoms with Crippen LogP contribution in [-0.2, 0) is 16.0 Å². The number of carbonyl (C=O) groups excluding carboxylic acids is 2. The summed E-state index contributed by atoms with van der Waals surface area (Å²) in [5, 5.41) is 0. The van der Waals surface area contributed by atoms with Crippen LogP contribution in [0.3, 0.4) is 0 Å². The van der Waals surface area contributed by atoms with Gasteiger partial charge in [0.05, 0.1) is 16.7 Å². The fourth-order valence-electron chi connectivity index (χ4n) is 7.09. The number of ether oxygens (including phenoxy) is 1. The van der Waals surface area contributed by atoms with Crippen molar-refractivity contribution in [3.05, 3.63) is 111 Å². The van der Waals surface area contributed by atoms with Gasteiger partial charge < -0.3 is 29.5 Å². The summed E-state index contributed by atoms with van der Waals surface area (Å²) in [7, 11) is 0. The van der Waals surface area contributed by atoms with Gasteiger partial charge in [-0.3, -0.25) is 14.3 Å². The van der Waals surface area contributed by atoms with Gasteiger partial charge >= 0.3 is 17.5 Å². The van der Waals surface area contributed by atoms with Crippen molar-refractivity contribution in [3.63, 3.8) is 0 Å². The maximum absolute atomic E-state index is 14.0. The van der Waals surface area contributed by atoms with Gasteiger partial charge in [0, 0.05) is 62.6 Å². The van der Waals surface area contributed by atoms with Gasteiger partial charge in [0.25, 0.3) is 5.91 Å². The first kappa shape index (κ1) is 31.2. The van der Waals surface area contributed by atoms with Crippen LogP contribution in [0.5, 0.6) is 0 Å². The SMILES string of the molecule is Cc1cc(CC(OC(=O)N2CCC(n3cc(-c4ccccc4)[nH]c3=O)CC2)C(=O)N2CCC(c3ccccn3)CC2)cc2[nH]c(=O)[nH]c12. The molecule has 2 amide bonds. The number of nitrogens with zero attached hydrogens (tertiary/aromatic N) is 4. The number of benzene rings is 2. The first-order valence-corrected chi connectivity index (χ1v) is 16.6. The van der Waals surface area contributed by atoms with E-state index in [2.05, 4.69) is 19.9 Å². The number of hydrogen-bond acceptors (Lipinski definition) is 6. The van der Waals surface area contributed by atoms with Crippen molar-refractivity contribution in [2.75, 3.05) is 26.2 Å². The summed E-state index contributed by atoms with van der Waals surface area (Å²) in [6.07, 6.45) is 4.94. The fourth-order valence-corrected chi connectivity index (χ4v) is 7.09. The maximum Gasteiger partial charge on any atom is 0.410 e. The molecule has 0 radical (unpaired) electrons. The number of nitrogens with one attached hydrogen (secondary N) is 3. The lowest BCUT2D eigenvalue weighted by Gasteiger charge is -2.35. The van der Waals surface area contributed by atoms with Gasteiger partial charge in [0.15, 0.2) is 6.10 Å². The zero-order valence-corrected chi connectivity index (χ0v) is 26.9. The second-order valence-electron chi connectivity index (χ2n) is 12.8. The number of carbonyl (C=O) groups is 2. The van der Waals surface area contributed by atoms with E-state index >= 15 is 0 Å². The summed E-state index contributed by atoms with van der Waals surface area (Å²) in [6.45, 7) is 3.77. The maximum atomic E-state index is 14.0. The zero-order valence-electron chi connectivity index (χ0n) is 26.9. The molecule has 0 spiro atoms. The average molecular weight is 650 g/mol. The number of fused-ring (bicyclic) bond motifs is 1. The predicted molar refractivity (Wildman–Crippen MR) is 181 cm³/mol. The molecule has 2 aliphatic heterocycles. The number of aromatic nitrogens is 5. The molecule has 2 fully saturated rings. The lowest BCUT2D eigenvalue weighted by Crippen LogP contribution is -2.48. The smallest absolute Gasteiger partial charge is 0.410 e. The average Bonchev–Trinajstić information content (AvgIpc) is 3.70. The third kappa shape index (κ3) is 6.55. The Labute approximate surface area is 276 Å². The number of hydrogen-bond donors (Lipinski definition) is 3. The Balaban J connectivity index is 1.04. The first-order valence-electron chi connectivity index (χ1n) is 16.6. The summed E-state index contributed by atoms with van der Waals surface area (Å²) in [4.78, 5) is 68.9. The molecule has 0 bridgehead atoms. The molecular weight excluding hydrogens is 610 g/mol. The molecule has 5 aromatic rings. The van der Waals surface area contributed by atoms with E-state index in [1.165, 1.54) is 0 Å². The first-order chi connectivity index (χ1) is 23.3. The lowest BCUT2D eigenvalue weighted by molar-refractivity contribution is -0.142. The van der Waals surface area contributed by atoms with Crippen molar-refractivity contribution in [1.29, 1.82) is 0 Å². The van der Waals surface area contributed by atoms with Crippen LogP contribution >= 0.6 is 0 Å². The normalized spacial score (nSPS) is 16.7. The summed E-state index contributed by atoms with van der Waals surface area (Å²) in [6, 6.07) is 19.3. The van der Waals surface area contributed by atoms with Crippen LogP contribution < -0.4 is 11.4 Å². The van der Waals surface area contributed by atoms with Crippen molar-refractivity contribution in [2.45, 2.75) is 57.1 Å². The topological polar surface area (TPSA) is 149 Å². The molecule has 2 aromatic carbocycles. The van der Waals surface area contributed by atoms with Gasteiger partial charge in [-0.05, 0) is 67.5 Å². The Morgan fingerprint density at radius 3 is 2.35 bits per heavy atom. The highest BCUT2D eigenvalue weighted by Crippen LogP contribution is 2.29. The van der Waals surface area contributed by atoms with Crippen LogP contribution in [0.1, 0.15) is 54.5 Å². The Morgan fingerprint density at radius 1 is 0.896 bits per heavy atom. The van der Waals surface area contributed by atoms with E-state index < -0.39 is 12.2 Å². The van der Waals surface area contributed by atoms with E-state index in [0.29, 0.717) is 50.1 Å². The molecule has 12 nitrogen and oxygen atoms in total. The molecule has 2 aliphatic rings. The molecular formula is C36H39N7O5. The van der Waals surface area contributed by atoms with E-state index in [1.807, 2.05) is 73.8 Å². The van der Waals surface area contributed by atoms with Gasteiger partial charge in [0.2, 0.25) is 0 Å². The molecule has 248 valence electrons. The van der Waals surface area contributed by atoms with Gasteiger partial charge in [-0.15, -0.1) is 0 Å². The predicted octanol–water partition coefficient (Wildman–Crippen LogP) is 4.51. The highest BCUT2D eigenvalue weighted by molar-refractivity contribution is 5.85. The zero-order chi connectivity index (χ0) is 33.2. The number of piperidine rings is 2. The molecule has 12 heteroatoms. The summed E-state index contributed by atoms with van der Waals surface area (Å²) < 4.78 is 7.75. The van der Waals surface area contributed by atoms with E-state index in [-0.39, 0.29) is 35.7 Å². The van der Waals surface area contributed by atoms with Crippen LogP contribution in [-0.4, -0.2) is 78.6 Å². The molecule has 7 rings (SSSR count). The molecule has 48 heavy (non-hydrogen) atoms. The van der Waals surface area contributed by atoms with Crippen LogP contribution in [0.15, 0.2) is 82.6 Å². The molecule has 1 unspecified atom stereocenters. The summed E-state index contributed by atoms with van der Waals surface area (Å²) in [5.41, 5.74) is 5.22. The Morgan fingerprint density at radius 2 is 1.62 bits per heavy atom. The van der Waals surface area contributed by atoms with Crippen LogP contribution in [0, 0.1) is 6.92 Å². The van der Waals surface area contributed by atoms with Gasteiger partial charge in [-0.25, -0.2) is 14.4 Å². The van der Waals surface area contributed by atoms with E-state index in [9.17, 15) is 19.2 Å². The molecule has 1 atom stereocenters. The van der Waals surface area contributed by atoms with Crippen LogP contribution in [0.2, 0.25) is 0 Å². The van der Waals surface area contributed by atoms with Gasteiger partial charge in [-0.1, -0.05) is 42.5 Å². The summed E-state index contributed by atoms with van der Waals surface area (Å²) >= 11 is 0. The molecule has 0 aliphatic carbocycles. The number of amides is 2. The number of aryl methyl sites for hydroxylation is 1. The fraction of sp³-hybridized carbons (Fsp3) is 0.361. The van der Waals surface area contributed by atoms with Crippen molar-refractivity contribution in [2.24, 2.45) is 0 Å². The highest BCUT2D eigenvalue weighted by atomic mass is 16.6. The third-order valence-corrected chi connectivity index (χ3v) is 9.68. The third-order valence-electron chi connectivity index (χ3n) is 9.68. The largest absolute Gasteiger partial charge is 0.436 e. The van der Waals surface area contributed by atoms with E-state index in [0.717, 1.165) is 40.9 Å². The minimum absolute atomic E-state index is 0.0636. The Bertz CT molecular complexity index is 2010. The Kier molecular flexibility index (Phi) is 8.70. The van der Waals surface area contributed by atoms with E-state index in [1.54, 1.807) is 20.6 Å². The molecule has 3 aromatic heterocycles. The number of likely N-dealkylation sites (tertiary alicyclic amines) is 2. The molecule has 0 saturated carbocycles. The highest BCUT2D eigenvalue weighted by Gasteiger charge is 2.34. The van der Waals surface area contributed by atoms with Gasteiger partial charge in [-0.2, -0.15) is 0 Å². The molecule has 5 heterocycles. The standard InChI is InChI=1S/C36H39N7O5/c1-23-19-24(20-29-32(23)40-34(45)38-29)21-31(33(44)41-15-10-26(11-16-41)28-9-5-6-14-37-28)48-36(47)42-17-12-27(13-18-42)43-22-30(39-35(43)46)25-7-3-2-4-8-25/h2-9,14,19-20,22,26-27,31H,10-13,15-18,21H2,1H3,(H,39,46)(H2,38,40,45). The quantitative estimate of drug-likeness (QED) is 0.236. The summed E-state index contributed by atoms with van der Waals surface area (Å²) in [5.74, 6) is 0.0367. The van der Waals surface area contributed by atoms with Crippen LogP contribution in [0.4, 0.5) is 4.79 Å². The van der Waals surface area contributed by atoms with E-state index in [4.69, 9.17) is 4.74 Å². The van der Waals surface area contributed by atoms with Crippen molar-refractivity contribution in [1.82, 2.24) is 34.3 Å². The number of rotatable bonds is 7. The number of imidazole rings is 2.